The number of carbonyl (C=O) groups excluding carboxylic acids is 3. The van der Waals surface area contributed by atoms with Gasteiger partial charge in [-0.1, -0.05) is 24.3 Å². The van der Waals surface area contributed by atoms with Crippen molar-refractivity contribution in [3.63, 3.8) is 0 Å². The lowest BCUT2D eigenvalue weighted by atomic mass is 9.85. The van der Waals surface area contributed by atoms with Crippen LogP contribution in [0.15, 0.2) is 54.6 Å². The molecule has 8 heteroatoms. The fourth-order valence-electron chi connectivity index (χ4n) is 5.44. The fourth-order valence-corrected chi connectivity index (χ4v) is 5.44. The first kappa shape index (κ1) is 22.4. The van der Waals surface area contributed by atoms with E-state index in [0.29, 0.717) is 38.2 Å². The Kier molecular flexibility index (Phi) is 5.98. The molecule has 178 valence electrons. The number of nitrogens with zero attached hydrogens (tertiary/aromatic N) is 4. The van der Waals surface area contributed by atoms with Crippen LogP contribution in [-0.2, 0) is 9.59 Å². The second kappa shape index (κ2) is 9.08. The van der Waals surface area contributed by atoms with Gasteiger partial charge < -0.3 is 19.6 Å². The molecule has 3 aliphatic rings. The molecule has 0 bridgehead atoms. The maximum Gasteiger partial charge on any atom is 0.253 e. The summed E-state index contributed by atoms with van der Waals surface area (Å²) in [5.74, 6) is -0.734. The highest BCUT2D eigenvalue weighted by Crippen LogP contribution is 2.39. The number of benzene rings is 2. The van der Waals surface area contributed by atoms with Gasteiger partial charge in [0, 0.05) is 37.4 Å². The molecule has 2 aromatic rings. The monoisotopic (exact) mass is 464 g/mol. The molecule has 7 nitrogen and oxygen atoms in total. The standard InChI is InChI=1S/C26H29FN4O3/c27-21-8-6-7-20(17-21)24(33)29-15-11-26(12-16-29)25(34)30(18-23(32)28-13-4-5-14-28)19-31(26)22-9-2-1-3-10-22/h1-3,6-10,17H,4-5,11-16,18-19H2. The van der Waals surface area contributed by atoms with Crippen molar-refractivity contribution in [3.05, 3.63) is 66.0 Å². The van der Waals surface area contributed by atoms with Crippen molar-refractivity contribution in [2.75, 3.05) is 44.3 Å². The molecule has 0 aliphatic carbocycles. The van der Waals surface area contributed by atoms with E-state index < -0.39 is 11.4 Å². The van der Waals surface area contributed by atoms with Gasteiger partial charge in [-0.25, -0.2) is 4.39 Å². The van der Waals surface area contributed by atoms with Gasteiger partial charge in [-0.2, -0.15) is 0 Å². The first-order chi connectivity index (χ1) is 16.5. The molecule has 3 saturated heterocycles. The smallest absolute Gasteiger partial charge is 0.253 e. The van der Waals surface area contributed by atoms with E-state index in [1.807, 2.05) is 35.2 Å². The van der Waals surface area contributed by atoms with Crippen LogP contribution >= 0.6 is 0 Å². The summed E-state index contributed by atoms with van der Waals surface area (Å²) < 4.78 is 13.6. The van der Waals surface area contributed by atoms with Crippen LogP contribution in [0.1, 0.15) is 36.0 Å². The summed E-state index contributed by atoms with van der Waals surface area (Å²) in [5.41, 5.74) is 0.439. The summed E-state index contributed by atoms with van der Waals surface area (Å²) in [6, 6.07) is 15.5. The predicted octanol–water partition coefficient (Wildman–Crippen LogP) is 2.73. The van der Waals surface area contributed by atoms with E-state index in [1.165, 1.54) is 18.2 Å². The predicted molar refractivity (Wildman–Crippen MR) is 126 cm³/mol. The molecule has 3 heterocycles. The summed E-state index contributed by atoms with van der Waals surface area (Å²) in [7, 11) is 0. The lowest BCUT2D eigenvalue weighted by molar-refractivity contribution is -0.140. The summed E-state index contributed by atoms with van der Waals surface area (Å²) in [6.07, 6.45) is 2.93. The number of hydrogen-bond acceptors (Lipinski definition) is 4. The van der Waals surface area contributed by atoms with E-state index in [2.05, 4.69) is 4.90 Å². The molecule has 1 spiro atoms. The Balaban J connectivity index is 1.36. The molecular formula is C26H29FN4O3. The number of halogens is 1. The first-order valence-corrected chi connectivity index (χ1v) is 11.9. The largest absolute Gasteiger partial charge is 0.341 e. The average molecular weight is 465 g/mol. The molecule has 2 aromatic carbocycles. The lowest BCUT2D eigenvalue weighted by Gasteiger charge is -2.43. The minimum Gasteiger partial charge on any atom is -0.341 e. The average Bonchev–Trinajstić information content (AvgIpc) is 3.49. The van der Waals surface area contributed by atoms with E-state index in [0.717, 1.165) is 31.6 Å². The molecule has 5 rings (SSSR count). The zero-order chi connectivity index (χ0) is 23.7. The van der Waals surface area contributed by atoms with Gasteiger partial charge in [0.05, 0.1) is 6.67 Å². The van der Waals surface area contributed by atoms with Crippen molar-refractivity contribution in [1.82, 2.24) is 14.7 Å². The Morgan fingerprint density at radius 1 is 0.882 bits per heavy atom. The molecule has 3 fully saturated rings. The van der Waals surface area contributed by atoms with E-state index in [9.17, 15) is 18.8 Å². The minimum absolute atomic E-state index is 0.00497. The fraction of sp³-hybridized carbons (Fsp3) is 0.423. The Morgan fingerprint density at radius 2 is 1.59 bits per heavy atom. The maximum atomic E-state index is 13.8. The third kappa shape index (κ3) is 4.02. The van der Waals surface area contributed by atoms with Crippen LogP contribution in [0.4, 0.5) is 10.1 Å². The normalized spacial score (nSPS) is 19.9. The molecule has 3 amide bonds. The molecule has 0 unspecified atom stereocenters. The summed E-state index contributed by atoms with van der Waals surface area (Å²) in [4.78, 5) is 46.8. The highest BCUT2D eigenvalue weighted by atomic mass is 19.1. The third-order valence-electron chi connectivity index (χ3n) is 7.32. The van der Waals surface area contributed by atoms with Crippen LogP contribution in [0.2, 0.25) is 0 Å². The van der Waals surface area contributed by atoms with Crippen molar-refractivity contribution in [2.45, 2.75) is 31.2 Å². The van der Waals surface area contributed by atoms with Crippen molar-refractivity contribution >= 4 is 23.4 Å². The number of anilines is 1. The summed E-state index contributed by atoms with van der Waals surface area (Å²) in [5, 5.41) is 0. The van der Waals surface area contributed by atoms with Gasteiger partial charge in [-0.05, 0) is 56.0 Å². The van der Waals surface area contributed by atoms with Crippen LogP contribution in [-0.4, -0.2) is 77.4 Å². The molecule has 0 aromatic heterocycles. The van der Waals surface area contributed by atoms with Crippen LogP contribution in [0.25, 0.3) is 0 Å². The Labute approximate surface area is 198 Å². The van der Waals surface area contributed by atoms with Gasteiger partial charge in [-0.3, -0.25) is 14.4 Å². The molecular weight excluding hydrogens is 435 g/mol. The number of amides is 3. The van der Waals surface area contributed by atoms with Gasteiger partial charge in [0.15, 0.2) is 0 Å². The van der Waals surface area contributed by atoms with Gasteiger partial charge in [0.1, 0.15) is 17.9 Å². The second-order valence-corrected chi connectivity index (χ2v) is 9.33. The maximum absolute atomic E-state index is 13.8. The van der Waals surface area contributed by atoms with Crippen molar-refractivity contribution in [3.8, 4) is 0 Å². The van der Waals surface area contributed by atoms with E-state index in [1.54, 1.807) is 15.9 Å². The molecule has 0 saturated carbocycles. The van der Waals surface area contributed by atoms with Crippen molar-refractivity contribution in [1.29, 1.82) is 0 Å². The molecule has 0 atom stereocenters. The number of carbonyl (C=O) groups is 3. The lowest BCUT2D eigenvalue weighted by Crippen LogP contribution is -2.57. The summed E-state index contributed by atoms with van der Waals surface area (Å²) >= 11 is 0. The number of hydrogen-bond donors (Lipinski definition) is 0. The first-order valence-electron chi connectivity index (χ1n) is 11.9. The van der Waals surface area contributed by atoms with Crippen LogP contribution in [0.3, 0.4) is 0 Å². The quantitative estimate of drug-likeness (QED) is 0.698. The number of likely N-dealkylation sites (tertiary alicyclic amines) is 2. The Bertz CT molecular complexity index is 1080. The van der Waals surface area contributed by atoms with Crippen molar-refractivity contribution in [2.24, 2.45) is 0 Å². The minimum atomic E-state index is -0.800. The molecule has 3 aliphatic heterocycles. The van der Waals surface area contributed by atoms with Crippen LogP contribution < -0.4 is 4.90 Å². The van der Waals surface area contributed by atoms with E-state index >= 15 is 0 Å². The molecule has 0 radical (unpaired) electrons. The van der Waals surface area contributed by atoms with Gasteiger partial charge in [0.2, 0.25) is 5.91 Å². The van der Waals surface area contributed by atoms with Gasteiger partial charge in [0.25, 0.3) is 11.8 Å². The molecule has 0 N–H and O–H groups in total. The van der Waals surface area contributed by atoms with E-state index in [-0.39, 0.29) is 24.3 Å². The molecule has 34 heavy (non-hydrogen) atoms. The zero-order valence-corrected chi connectivity index (χ0v) is 19.2. The number of piperidine rings is 1. The van der Waals surface area contributed by atoms with Crippen molar-refractivity contribution < 1.29 is 18.8 Å². The topological polar surface area (TPSA) is 64.2 Å². The van der Waals surface area contributed by atoms with Gasteiger partial charge >= 0.3 is 0 Å². The zero-order valence-electron chi connectivity index (χ0n) is 19.2. The van der Waals surface area contributed by atoms with Crippen LogP contribution in [0.5, 0.6) is 0 Å². The number of rotatable bonds is 4. The highest BCUT2D eigenvalue weighted by molar-refractivity contribution is 5.97. The Hall–Kier alpha value is -3.42. The third-order valence-corrected chi connectivity index (χ3v) is 7.32. The number of para-hydroxylation sites is 1. The highest BCUT2D eigenvalue weighted by Gasteiger charge is 2.54. The summed E-state index contributed by atoms with van der Waals surface area (Å²) in [6.45, 7) is 2.71. The Morgan fingerprint density at radius 3 is 2.26 bits per heavy atom. The van der Waals surface area contributed by atoms with Gasteiger partial charge in [-0.15, -0.1) is 0 Å². The second-order valence-electron chi connectivity index (χ2n) is 9.33. The van der Waals surface area contributed by atoms with Crippen LogP contribution in [0, 0.1) is 5.82 Å². The SMILES string of the molecule is O=C(CN1CN(c2ccccc2)C2(CCN(C(=O)c3cccc(F)c3)CC2)C1=O)N1CCCC1. The van der Waals surface area contributed by atoms with E-state index in [4.69, 9.17) is 0 Å².